The maximum atomic E-state index is 11.9. The Morgan fingerprint density at radius 2 is 0.889 bits per heavy atom. The minimum atomic E-state index is -1.14. The Labute approximate surface area is 210 Å². The number of carbonyl (C=O) groups excluding carboxylic acids is 3. The lowest BCUT2D eigenvalue weighted by Crippen LogP contribution is -2.41. The van der Waals surface area contributed by atoms with E-state index in [2.05, 4.69) is 105 Å². The molecule has 36 heavy (non-hydrogen) atoms. The summed E-state index contributed by atoms with van der Waals surface area (Å²) in [6.07, 6.45) is 12.3. The van der Waals surface area contributed by atoms with Gasteiger partial charge in [0.1, 0.15) is 19.8 Å². The Morgan fingerprint density at radius 3 is 1.14 bits per heavy atom. The summed E-state index contributed by atoms with van der Waals surface area (Å²) in [5, 5.41) is 6.40. The lowest BCUT2D eigenvalue weighted by Gasteiger charge is -2.30. The molecule has 0 bridgehead atoms. The van der Waals surface area contributed by atoms with Crippen molar-refractivity contribution < 1.29 is 28.6 Å². The zero-order chi connectivity index (χ0) is 26.9. The Morgan fingerprint density at radius 1 is 0.583 bits per heavy atom. The summed E-state index contributed by atoms with van der Waals surface area (Å²) >= 11 is 0. The summed E-state index contributed by atoms with van der Waals surface area (Å²) < 4.78 is 15.4. The van der Waals surface area contributed by atoms with Crippen molar-refractivity contribution in [3.8, 4) is 108 Å². The second-order valence-corrected chi connectivity index (χ2v) is 5.89. The van der Waals surface area contributed by atoms with Crippen LogP contribution in [0.25, 0.3) is 0 Å². The topological polar surface area (TPSA) is 115 Å². The number of carbonyl (C=O) groups is 3. The number of nitrogens with one attached hydrogen (secondary N) is 3. The number of ether oxygens (including phenoxy) is 3. The second-order valence-electron chi connectivity index (χ2n) is 5.89. The smallest absolute Gasteiger partial charge is 0.418 e. The molecule has 0 fully saturated rings. The number of hydrogen-bond acceptors (Lipinski definition) is 6. The third-order valence-corrected chi connectivity index (χ3v) is 3.55. The second kappa shape index (κ2) is 19.5. The molecule has 0 aromatic rings. The van der Waals surface area contributed by atoms with Gasteiger partial charge in [-0.1, -0.05) is 6.92 Å². The normalized spacial score (nSPS) is 7.50. The summed E-state index contributed by atoms with van der Waals surface area (Å²) in [6, 6.07) is 6.72. The first-order chi connectivity index (χ1) is 17.4. The van der Waals surface area contributed by atoms with Crippen molar-refractivity contribution in [1.29, 1.82) is 0 Å². The molecule has 0 aliphatic rings. The van der Waals surface area contributed by atoms with Crippen LogP contribution in [0.5, 0.6) is 0 Å². The van der Waals surface area contributed by atoms with Crippen molar-refractivity contribution in [1.82, 2.24) is 16.0 Å². The summed E-state index contributed by atoms with van der Waals surface area (Å²) in [5.74, 6) is 26.6. The molecule has 0 rings (SSSR count). The first-order valence-corrected chi connectivity index (χ1v) is 9.58. The van der Waals surface area contributed by atoms with E-state index < -0.39 is 23.7 Å². The molecule has 3 amide bonds. The predicted molar refractivity (Wildman–Crippen MR) is 129 cm³/mol. The molecule has 0 heterocycles. The molecule has 0 aliphatic carbocycles. The minimum absolute atomic E-state index is 0.249. The van der Waals surface area contributed by atoms with E-state index in [-0.39, 0.29) is 26.2 Å². The van der Waals surface area contributed by atoms with Crippen LogP contribution in [0.1, 0.15) is 13.3 Å². The highest BCUT2D eigenvalue weighted by atomic mass is 16.6. The minimum Gasteiger partial charge on any atom is -0.448 e. The lowest BCUT2D eigenvalue weighted by molar-refractivity contribution is -0.0156. The van der Waals surface area contributed by atoms with Crippen LogP contribution < -0.4 is 16.0 Å². The molecule has 0 spiro atoms. The number of terminal acetylenes is 3. The Kier molecular flexibility index (Phi) is 16.2. The molecule has 0 saturated carbocycles. The van der Waals surface area contributed by atoms with E-state index in [1.54, 1.807) is 6.92 Å². The van der Waals surface area contributed by atoms with Crippen LogP contribution in [-0.4, -0.2) is 38.1 Å². The largest absolute Gasteiger partial charge is 0.448 e. The summed E-state index contributed by atoms with van der Waals surface area (Å²) in [7, 11) is 0. The van der Waals surface area contributed by atoms with Gasteiger partial charge in [-0.25, -0.2) is 30.3 Å². The van der Waals surface area contributed by atoms with Crippen LogP contribution in [0, 0.1) is 114 Å². The quantitative estimate of drug-likeness (QED) is 0.276. The predicted octanol–water partition coefficient (Wildman–Crippen LogP) is 0.354. The molecule has 0 aliphatic heterocycles. The highest BCUT2D eigenvalue weighted by molar-refractivity contribution is 5.71. The zero-order valence-corrected chi connectivity index (χ0v) is 19.0. The first kappa shape index (κ1) is 29.9. The van der Waals surface area contributed by atoms with Gasteiger partial charge in [-0.05, 0) is 41.9 Å². The number of rotatable bonds is 7. The van der Waals surface area contributed by atoms with Crippen molar-refractivity contribution in [2.24, 2.45) is 5.41 Å². The standard InChI is InChI=1S/C27H17N3O6/c1-5-9-12-15-18-28-24(31)34-21-27(8-4,22-35-25(32)29-19-16-13-10-6-2)23-36-26(33)30-20-17-14-11-7-3/h1-3H,8,21-23H2,4H3,(H,28,31)(H,29,32)(H,30,33). The molecule has 0 aromatic carbocycles. The van der Waals surface area contributed by atoms with E-state index >= 15 is 0 Å². The van der Waals surface area contributed by atoms with Crippen LogP contribution >= 0.6 is 0 Å². The van der Waals surface area contributed by atoms with Gasteiger partial charge in [0.05, 0.1) is 5.41 Å². The molecular formula is C27H17N3O6. The monoisotopic (exact) mass is 479 g/mol. The fourth-order valence-electron chi connectivity index (χ4n) is 1.74. The maximum absolute atomic E-state index is 11.9. The van der Waals surface area contributed by atoms with E-state index in [0.29, 0.717) is 0 Å². The van der Waals surface area contributed by atoms with Crippen molar-refractivity contribution in [3.05, 3.63) is 0 Å². The van der Waals surface area contributed by atoms with Gasteiger partial charge in [0.25, 0.3) is 0 Å². The average Bonchev–Trinajstić information content (AvgIpc) is 2.88. The fourth-order valence-corrected chi connectivity index (χ4v) is 1.74. The third-order valence-electron chi connectivity index (χ3n) is 3.55. The molecule has 9 heteroatoms. The number of amides is 3. The number of alkyl carbamates (subject to hydrolysis) is 3. The van der Waals surface area contributed by atoms with E-state index in [0.717, 1.165) is 0 Å². The van der Waals surface area contributed by atoms with Crippen LogP contribution in [0.15, 0.2) is 0 Å². The average molecular weight is 479 g/mol. The molecule has 3 N–H and O–H groups in total. The van der Waals surface area contributed by atoms with Crippen molar-refractivity contribution in [3.63, 3.8) is 0 Å². The molecule has 0 atom stereocenters. The van der Waals surface area contributed by atoms with E-state index in [1.165, 1.54) is 0 Å². The molecule has 9 nitrogen and oxygen atoms in total. The highest BCUT2D eigenvalue weighted by Gasteiger charge is 2.34. The van der Waals surface area contributed by atoms with Crippen LogP contribution in [0.3, 0.4) is 0 Å². The highest BCUT2D eigenvalue weighted by Crippen LogP contribution is 2.24. The van der Waals surface area contributed by atoms with Gasteiger partial charge < -0.3 is 14.2 Å². The molecule has 176 valence electrons. The van der Waals surface area contributed by atoms with Crippen LogP contribution in [-0.2, 0) is 14.2 Å². The Bertz CT molecular complexity index is 1170. The van der Waals surface area contributed by atoms with Gasteiger partial charge in [0.15, 0.2) is 0 Å². The van der Waals surface area contributed by atoms with Crippen molar-refractivity contribution in [2.45, 2.75) is 13.3 Å². The van der Waals surface area contributed by atoms with Gasteiger partial charge in [-0.3, -0.25) is 0 Å². The number of hydrogen-bond donors (Lipinski definition) is 3. The van der Waals surface area contributed by atoms with E-state index in [1.807, 2.05) is 0 Å². The van der Waals surface area contributed by atoms with Crippen molar-refractivity contribution >= 4 is 18.3 Å². The molecule has 0 unspecified atom stereocenters. The first-order valence-electron chi connectivity index (χ1n) is 9.58. The van der Waals surface area contributed by atoms with Crippen molar-refractivity contribution in [2.75, 3.05) is 19.8 Å². The fraction of sp³-hybridized carbons (Fsp3) is 0.222. The lowest BCUT2D eigenvalue weighted by atomic mass is 9.88. The van der Waals surface area contributed by atoms with E-state index in [9.17, 15) is 14.4 Å². The third kappa shape index (κ3) is 15.6. The molecular weight excluding hydrogens is 462 g/mol. The molecule has 0 radical (unpaired) electrons. The van der Waals surface area contributed by atoms with Gasteiger partial charge in [-0.15, -0.1) is 19.3 Å². The van der Waals surface area contributed by atoms with Gasteiger partial charge in [0, 0.05) is 53.7 Å². The van der Waals surface area contributed by atoms with Crippen LogP contribution in [0.4, 0.5) is 14.4 Å². The Hall–Kier alpha value is -6.15. The summed E-state index contributed by atoms with van der Waals surface area (Å²) in [5.41, 5.74) is -1.14. The SMILES string of the molecule is C#CC#CC#CNC(=O)OCC(CC)(COC(=O)NC#CC#CC#C)COC(=O)NC#CC#CC#C. The Balaban J connectivity index is 5.27. The van der Waals surface area contributed by atoms with Crippen LogP contribution in [0.2, 0.25) is 0 Å². The molecule has 0 saturated heterocycles. The molecule has 0 aromatic heterocycles. The maximum Gasteiger partial charge on any atom is 0.418 e. The zero-order valence-electron chi connectivity index (χ0n) is 19.0. The van der Waals surface area contributed by atoms with Gasteiger partial charge in [0.2, 0.25) is 0 Å². The van der Waals surface area contributed by atoms with Gasteiger partial charge >= 0.3 is 18.3 Å². The summed E-state index contributed by atoms with van der Waals surface area (Å²) in [6.45, 7) is 0.716. The summed E-state index contributed by atoms with van der Waals surface area (Å²) in [4.78, 5) is 35.7. The van der Waals surface area contributed by atoms with Gasteiger partial charge in [-0.2, -0.15) is 0 Å². The van der Waals surface area contributed by atoms with E-state index in [4.69, 9.17) is 33.5 Å².